The first-order chi connectivity index (χ1) is 9.65. The summed E-state index contributed by atoms with van der Waals surface area (Å²) in [5.41, 5.74) is 11.0. The second kappa shape index (κ2) is 11.0. The monoisotopic (exact) mass is 369 g/mol. The fraction of sp³-hybridized carbons (Fsp3) is 0.700. The van der Waals surface area contributed by atoms with Gasteiger partial charge in [-0.25, -0.2) is 0 Å². The normalized spacial score (nSPS) is 12.5. The lowest BCUT2D eigenvalue weighted by molar-refractivity contribution is 0.930. The summed E-state index contributed by atoms with van der Waals surface area (Å²) in [5, 5.41) is 1.15. The molecule has 1 aromatic heterocycles. The number of nitrogens with two attached hydrogens (primary N) is 2. The average Bonchev–Trinajstić information content (AvgIpc) is 2.40. The lowest BCUT2D eigenvalue weighted by Gasteiger charge is -2.13. The van der Waals surface area contributed by atoms with Crippen LogP contribution >= 0.6 is 60.5 Å². The molecular formula is C10H19N5S5. The molecule has 0 amide bonds. The smallest absolute Gasteiger partial charge is 0.225 e. The molecule has 0 aliphatic heterocycles. The highest BCUT2D eigenvalue weighted by Crippen LogP contribution is 2.21. The number of thiol groups is 2. The highest BCUT2D eigenvalue weighted by atomic mass is 32.2. The fourth-order valence-electron chi connectivity index (χ4n) is 1.23. The zero-order valence-electron chi connectivity index (χ0n) is 10.9. The first-order valence-corrected chi connectivity index (χ1v) is 10.4. The quantitative estimate of drug-likeness (QED) is 0.282. The zero-order valence-corrected chi connectivity index (χ0v) is 15.2. The molecule has 1 aromatic rings. The van der Waals surface area contributed by atoms with Gasteiger partial charge in [-0.2, -0.15) is 63.7 Å². The lowest BCUT2D eigenvalue weighted by Crippen LogP contribution is -2.10. The van der Waals surface area contributed by atoms with Crippen LogP contribution in [-0.2, 0) is 0 Å². The second-order valence-corrected chi connectivity index (χ2v) is 8.09. The van der Waals surface area contributed by atoms with Crippen LogP contribution in [0.4, 0.5) is 11.9 Å². The minimum atomic E-state index is 0.170. The van der Waals surface area contributed by atoms with Crippen LogP contribution in [0.1, 0.15) is 0 Å². The van der Waals surface area contributed by atoms with Crippen molar-refractivity contribution in [2.24, 2.45) is 0 Å². The molecule has 20 heavy (non-hydrogen) atoms. The number of nitrogen functional groups attached to an aromatic ring is 2. The molecule has 0 aliphatic rings. The molecule has 1 atom stereocenters. The van der Waals surface area contributed by atoms with Crippen molar-refractivity contribution in [3.05, 3.63) is 0 Å². The summed E-state index contributed by atoms with van der Waals surface area (Å²) in [7, 11) is 0. The van der Waals surface area contributed by atoms with Crippen LogP contribution in [0.25, 0.3) is 0 Å². The maximum atomic E-state index is 5.52. The lowest BCUT2D eigenvalue weighted by atomic mass is 10.5. The molecule has 1 unspecified atom stereocenters. The third-order valence-electron chi connectivity index (χ3n) is 2.06. The molecule has 1 rings (SSSR count). The van der Waals surface area contributed by atoms with E-state index in [1.807, 2.05) is 23.5 Å². The number of anilines is 2. The first kappa shape index (κ1) is 18.4. The maximum absolute atomic E-state index is 5.52. The number of aromatic nitrogens is 3. The van der Waals surface area contributed by atoms with Gasteiger partial charge in [0.05, 0.1) is 0 Å². The summed E-state index contributed by atoms with van der Waals surface area (Å²) < 4.78 is 0. The molecule has 0 aromatic carbocycles. The van der Waals surface area contributed by atoms with Gasteiger partial charge >= 0.3 is 0 Å². The number of rotatable bonds is 10. The molecule has 0 saturated carbocycles. The van der Waals surface area contributed by atoms with Crippen LogP contribution in [0.5, 0.6) is 0 Å². The highest BCUT2D eigenvalue weighted by Gasteiger charge is 2.08. The molecule has 114 valence electrons. The van der Waals surface area contributed by atoms with Gasteiger partial charge < -0.3 is 11.5 Å². The first-order valence-electron chi connectivity index (χ1n) is 5.96. The van der Waals surface area contributed by atoms with E-state index in [2.05, 4.69) is 40.2 Å². The van der Waals surface area contributed by atoms with Gasteiger partial charge in [0.25, 0.3) is 0 Å². The van der Waals surface area contributed by atoms with E-state index in [1.165, 1.54) is 0 Å². The Morgan fingerprint density at radius 3 is 2.30 bits per heavy atom. The van der Waals surface area contributed by atoms with E-state index >= 15 is 0 Å². The average molecular weight is 370 g/mol. The van der Waals surface area contributed by atoms with E-state index in [4.69, 9.17) is 11.5 Å². The number of hydrogen-bond acceptors (Lipinski definition) is 10. The van der Waals surface area contributed by atoms with E-state index in [1.54, 1.807) is 11.8 Å². The van der Waals surface area contributed by atoms with Crippen molar-refractivity contribution >= 4 is 72.4 Å². The van der Waals surface area contributed by atoms with Gasteiger partial charge in [0.2, 0.25) is 11.9 Å². The zero-order chi connectivity index (χ0) is 14.8. The van der Waals surface area contributed by atoms with Crippen molar-refractivity contribution < 1.29 is 0 Å². The third-order valence-corrected chi connectivity index (χ3v) is 6.97. The van der Waals surface area contributed by atoms with Gasteiger partial charge in [0.15, 0.2) is 5.16 Å². The van der Waals surface area contributed by atoms with Crippen molar-refractivity contribution in [3.63, 3.8) is 0 Å². The Hall–Kier alpha value is 0.360. The highest BCUT2D eigenvalue weighted by molar-refractivity contribution is 8.05. The molecule has 10 heteroatoms. The van der Waals surface area contributed by atoms with Crippen molar-refractivity contribution in [2.45, 2.75) is 10.4 Å². The van der Waals surface area contributed by atoms with Crippen LogP contribution in [-0.4, -0.2) is 54.7 Å². The Labute approximate surface area is 143 Å². The Bertz CT molecular complexity index is 374. The van der Waals surface area contributed by atoms with Gasteiger partial charge in [-0.1, -0.05) is 11.8 Å². The second-order valence-electron chi connectivity index (χ2n) is 3.66. The largest absolute Gasteiger partial charge is 0.368 e. The molecular weight excluding hydrogens is 350 g/mol. The molecule has 0 saturated heterocycles. The molecule has 0 aliphatic carbocycles. The number of nitrogens with zero attached hydrogens (tertiary/aromatic N) is 3. The van der Waals surface area contributed by atoms with Crippen LogP contribution < -0.4 is 11.5 Å². The van der Waals surface area contributed by atoms with Crippen molar-refractivity contribution in [2.75, 3.05) is 46.0 Å². The Kier molecular flexibility index (Phi) is 10.1. The summed E-state index contributed by atoms with van der Waals surface area (Å²) >= 11 is 14.0. The molecule has 0 bridgehead atoms. The fourth-order valence-corrected chi connectivity index (χ4v) is 5.25. The van der Waals surface area contributed by atoms with E-state index in [0.717, 1.165) is 34.5 Å². The summed E-state index contributed by atoms with van der Waals surface area (Å²) in [5.74, 6) is 6.29. The molecule has 0 fully saturated rings. The predicted octanol–water partition coefficient (Wildman–Crippen LogP) is 1.82. The summed E-state index contributed by atoms with van der Waals surface area (Å²) in [6.07, 6.45) is 0. The Morgan fingerprint density at radius 2 is 1.70 bits per heavy atom. The van der Waals surface area contributed by atoms with Crippen molar-refractivity contribution in [1.29, 1.82) is 0 Å². The predicted molar refractivity (Wildman–Crippen MR) is 101 cm³/mol. The van der Waals surface area contributed by atoms with Gasteiger partial charge in [0.1, 0.15) is 0 Å². The topological polar surface area (TPSA) is 90.7 Å². The summed E-state index contributed by atoms with van der Waals surface area (Å²) in [6, 6.07) is 0. The van der Waals surface area contributed by atoms with E-state index in [9.17, 15) is 0 Å². The SMILES string of the molecule is Nc1nc(N)nc(SCCSC(CS)CSCCS)n1. The van der Waals surface area contributed by atoms with Gasteiger partial charge in [0, 0.05) is 34.0 Å². The van der Waals surface area contributed by atoms with E-state index in [0.29, 0.717) is 10.4 Å². The van der Waals surface area contributed by atoms with Crippen LogP contribution in [0.3, 0.4) is 0 Å². The summed E-state index contributed by atoms with van der Waals surface area (Å²) in [6.45, 7) is 0. The standard InChI is InChI=1S/C10H19N5S5/c11-8-13-9(12)15-10(14-8)20-4-3-19-7(5-17)6-18-2-1-16/h7,16-17H,1-6H2,(H4,11,12,13,14,15). The summed E-state index contributed by atoms with van der Waals surface area (Å²) in [4.78, 5) is 11.8. The minimum Gasteiger partial charge on any atom is -0.368 e. The molecule has 5 nitrogen and oxygen atoms in total. The molecule has 0 radical (unpaired) electrons. The third kappa shape index (κ3) is 7.96. The Morgan fingerprint density at radius 1 is 1.00 bits per heavy atom. The van der Waals surface area contributed by atoms with Crippen LogP contribution in [0.15, 0.2) is 5.16 Å². The minimum absolute atomic E-state index is 0.170. The Balaban J connectivity index is 2.22. The van der Waals surface area contributed by atoms with Gasteiger partial charge in [-0.3, -0.25) is 0 Å². The van der Waals surface area contributed by atoms with E-state index in [-0.39, 0.29) is 11.9 Å². The van der Waals surface area contributed by atoms with Gasteiger partial charge in [-0.15, -0.1) is 0 Å². The van der Waals surface area contributed by atoms with Crippen LogP contribution in [0, 0.1) is 0 Å². The maximum Gasteiger partial charge on any atom is 0.225 e. The van der Waals surface area contributed by atoms with E-state index < -0.39 is 0 Å². The molecule has 0 spiro atoms. The number of hydrogen-bond donors (Lipinski definition) is 4. The van der Waals surface area contributed by atoms with Gasteiger partial charge in [-0.05, 0) is 5.75 Å². The number of thioether (sulfide) groups is 3. The van der Waals surface area contributed by atoms with Crippen LogP contribution in [0.2, 0.25) is 0 Å². The van der Waals surface area contributed by atoms with Crippen molar-refractivity contribution in [3.8, 4) is 0 Å². The van der Waals surface area contributed by atoms with Crippen molar-refractivity contribution in [1.82, 2.24) is 15.0 Å². The molecule has 4 N–H and O–H groups in total. The molecule has 1 heterocycles.